The molecule has 0 unspecified atom stereocenters. The number of aromatic nitrogens is 4. The van der Waals surface area contributed by atoms with Crippen molar-refractivity contribution in [2.45, 2.75) is 53.2 Å². The summed E-state index contributed by atoms with van der Waals surface area (Å²) in [5.74, 6) is 1.71. The van der Waals surface area contributed by atoms with Crippen LogP contribution in [0.4, 0.5) is 10.7 Å². The van der Waals surface area contributed by atoms with Crippen molar-refractivity contribution in [1.29, 1.82) is 0 Å². The van der Waals surface area contributed by atoms with Gasteiger partial charge in [-0.05, 0) is 20.8 Å². The van der Waals surface area contributed by atoms with Crippen molar-refractivity contribution >= 4 is 17.8 Å². The van der Waals surface area contributed by atoms with Gasteiger partial charge in [0.25, 0.3) is 0 Å². The molecule has 1 aliphatic heterocycles. The second kappa shape index (κ2) is 10.5. The lowest BCUT2D eigenvalue weighted by Crippen LogP contribution is -2.50. The Morgan fingerprint density at radius 2 is 1.58 bits per heavy atom. The Morgan fingerprint density at radius 1 is 0.970 bits per heavy atom. The topological polar surface area (TPSA) is 111 Å². The number of hydrogen-bond donors (Lipinski definition) is 0. The highest BCUT2D eigenvalue weighted by Crippen LogP contribution is 2.17. The van der Waals surface area contributed by atoms with Gasteiger partial charge in [0.05, 0.1) is 18.8 Å². The molecular formula is C23H32N6O4. The summed E-state index contributed by atoms with van der Waals surface area (Å²) in [5, 5.41) is 0. The fraction of sp³-hybridized carbons (Fsp3) is 0.565. The minimum absolute atomic E-state index is 0.0339. The maximum absolute atomic E-state index is 12.2. The molecule has 2 aromatic rings. The summed E-state index contributed by atoms with van der Waals surface area (Å²) in [6, 6.07) is 0. The van der Waals surface area contributed by atoms with Crippen LogP contribution in [0.2, 0.25) is 0 Å². The second-order valence-corrected chi connectivity index (χ2v) is 9.27. The highest BCUT2D eigenvalue weighted by atomic mass is 16.6. The van der Waals surface area contributed by atoms with Crippen molar-refractivity contribution in [3.63, 3.8) is 0 Å². The van der Waals surface area contributed by atoms with Crippen LogP contribution in [-0.2, 0) is 22.6 Å². The number of anilines is 1. The lowest BCUT2D eigenvalue weighted by atomic mass is 10.1. The molecule has 1 amide bonds. The molecule has 10 heteroatoms. The Labute approximate surface area is 194 Å². The van der Waals surface area contributed by atoms with Crippen LogP contribution in [0.5, 0.6) is 5.75 Å². The number of carbonyl (C=O) groups excluding carboxylic acids is 2. The fourth-order valence-corrected chi connectivity index (χ4v) is 3.04. The monoisotopic (exact) mass is 456 g/mol. The van der Waals surface area contributed by atoms with Gasteiger partial charge in [-0.2, -0.15) is 0 Å². The highest BCUT2D eigenvalue weighted by molar-refractivity contribution is 5.81. The van der Waals surface area contributed by atoms with Crippen molar-refractivity contribution < 1.29 is 19.1 Å². The normalized spacial score (nSPS) is 14.4. The van der Waals surface area contributed by atoms with Crippen LogP contribution >= 0.6 is 0 Å². The van der Waals surface area contributed by atoms with Crippen LogP contribution in [0.15, 0.2) is 24.8 Å². The predicted octanol–water partition coefficient (Wildman–Crippen LogP) is 2.67. The van der Waals surface area contributed by atoms with Gasteiger partial charge in [-0.25, -0.2) is 24.7 Å². The van der Waals surface area contributed by atoms with E-state index in [-0.39, 0.29) is 30.8 Å². The van der Waals surface area contributed by atoms with Gasteiger partial charge in [0, 0.05) is 50.1 Å². The van der Waals surface area contributed by atoms with Crippen LogP contribution in [0, 0.1) is 5.92 Å². The molecule has 1 saturated heterocycles. The van der Waals surface area contributed by atoms with Crippen molar-refractivity contribution in [2.75, 3.05) is 31.1 Å². The minimum Gasteiger partial charge on any atom is -0.486 e. The van der Waals surface area contributed by atoms with Crippen LogP contribution in [0.25, 0.3) is 0 Å². The number of Topliss-reactive ketones (excluding diaryl/α,β-unsaturated/α-hetero) is 1. The molecule has 0 N–H and O–H groups in total. The molecule has 1 aliphatic rings. The summed E-state index contributed by atoms with van der Waals surface area (Å²) in [6.45, 7) is 11.9. The molecule has 0 saturated carbocycles. The predicted molar refractivity (Wildman–Crippen MR) is 122 cm³/mol. The number of ether oxygens (including phenoxy) is 2. The number of carbonyl (C=O) groups is 2. The molecular weight excluding hydrogens is 424 g/mol. The fourth-order valence-electron chi connectivity index (χ4n) is 3.04. The third-order valence-electron chi connectivity index (χ3n) is 4.97. The lowest BCUT2D eigenvalue weighted by Gasteiger charge is -2.35. The van der Waals surface area contributed by atoms with E-state index in [9.17, 15) is 9.59 Å². The molecule has 178 valence electrons. The standard InChI is InChI=1S/C23H32N6O4/c1-16(2)19(30)10-20-24-11-17(12-25-20)15-32-18-13-26-21(27-14-18)28-6-8-29(9-7-28)22(31)33-23(3,4)5/h11-14,16H,6-10,15H2,1-5H3. The van der Waals surface area contributed by atoms with E-state index in [0.29, 0.717) is 43.7 Å². The highest BCUT2D eigenvalue weighted by Gasteiger charge is 2.26. The molecule has 2 aromatic heterocycles. The smallest absolute Gasteiger partial charge is 0.410 e. The summed E-state index contributed by atoms with van der Waals surface area (Å²) >= 11 is 0. The molecule has 3 heterocycles. The van der Waals surface area contributed by atoms with E-state index in [1.807, 2.05) is 39.5 Å². The molecule has 1 fully saturated rings. The van der Waals surface area contributed by atoms with Gasteiger partial charge in [0.1, 0.15) is 23.8 Å². The van der Waals surface area contributed by atoms with Crippen molar-refractivity contribution in [2.24, 2.45) is 5.92 Å². The molecule has 0 atom stereocenters. The van der Waals surface area contributed by atoms with Gasteiger partial charge in [-0.1, -0.05) is 13.8 Å². The SMILES string of the molecule is CC(C)C(=O)Cc1ncc(COc2cnc(N3CCN(C(=O)OC(C)(C)C)CC3)nc2)cn1. The van der Waals surface area contributed by atoms with Gasteiger partial charge >= 0.3 is 6.09 Å². The number of rotatable bonds is 7. The molecule has 0 bridgehead atoms. The Balaban J connectivity index is 1.46. The quantitative estimate of drug-likeness (QED) is 0.621. The second-order valence-electron chi connectivity index (χ2n) is 9.27. The van der Waals surface area contributed by atoms with Crippen LogP contribution in [-0.4, -0.2) is 68.5 Å². The largest absolute Gasteiger partial charge is 0.486 e. The van der Waals surface area contributed by atoms with Crippen LogP contribution in [0.3, 0.4) is 0 Å². The first-order valence-corrected chi connectivity index (χ1v) is 11.1. The minimum atomic E-state index is -0.506. The van der Waals surface area contributed by atoms with E-state index in [2.05, 4.69) is 19.9 Å². The van der Waals surface area contributed by atoms with Gasteiger partial charge in [0.2, 0.25) is 5.95 Å². The molecule has 0 aromatic carbocycles. The summed E-state index contributed by atoms with van der Waals surface area (Å²) in [5.41, 5.74) is 0.284. The summed E-state index contributed by atoms with van der Waals surface area (Å²) < 4.78 is 11.2. The number of piperazine rings is 1. The first-order chi connectivity index (χ1) is 15.6. The molecule has 0 radical (unpaired) electrons. The first-order valence-electron chi connectivity index (χ1n) is 11.1. The van der Waals surface area contributed by atoms with Crippen molar-refractivity contribution in [3.8, 4) is 5.75 Å². The molecule has 3 rings (SSSR count). The zero-order valence-electron chi connectivity index (χ0n) is 19.9. The maximum Gasteiger partial charge on any atom is 0.410 e. The zero-order valence-corrected chi connectivity index (χ0v) is 19.9. The van der Waals surface area contributed by atoms with Crippen molar-refractivity contribution in [3.05, 3.63) is 36.2 Å². The third-order valence-corrected chi connectivity index (χ3v) is 4.97. The Kier molecular flexibility index (Phi) is 7.78. The average molecular weight is 457 g/mol. The lowest BCUT2D eigenvalue weighted by molar-refractivity contribution is -0.121. The van der Waals surface area contributed by atoms with E-state index < -0.39 is 5.60 Å². The van der Waals surface area contributed by atoms with E-state index >= 15 is 0 Å². The van der Waals surface area contributed by atoms with E-state index in [1.54, 1.807) is 29.7 Å². The van der Waals surface area contributed by atoms with Crippen molar-refractivity contribution in [1.82, 2.24) is 24.8 Å². The van der Waals surface area contributed by atoms with Gasteiger partial charge in [-0.3, -0.25) is 4.79 Å². The zero-order chi connectivity index (χ0) is 24.0. The number of nitrogens with zero attached hydrogens (tertiary/aromatic N) is 6. The van der Waals surface area contributed by atoms with E-state index in [0.717, 1.165) is 5.56 Å². The van der Waals surface area contributed by atoms with Crippen LogP contribution < -0.4 is 9.64 Å². The first kappa shape index (κ1) is 24.3. The summed E-state index contributed by atoms with van der Waals surface area (Å²) in [4.78, 5) is 45.0. The maximum atomic E-state index is 12.2. The number of amides is 1. The van der Waals surface area contributed by atoms with Gasteiger partial charge in [0.15, 0.2) is 5.75 Å². The van der Waals surface area contributed by atoms with Gasteiger partial charge in [-0.15, -0.1) is 0 Å². The van der Waals surface area contributed by atoms with Crippen LogP contribution in [0.1, 0.15) is 46.0 Å². The molecule has 33 heavy (non-hydrogen) atoms. The Hall–Kier alpha value is -3.30. The van der Waals surface area contributed by atoms with Gasteiger partial charge < -0.3 is 19.3 Å². The number of hydrogen-bond acceptors (Lipinski definition) is 9. The Bertz CT molecular complexity index is 933. The van der Waals surface area contributed by atoms with E-state index in [4.69, 9.17) is 9.47 Å². The summed E-state index contributed by atoms with van der Waals surface area (Å²) in [7, 11) is 0. The third kappa shape index (κ3) is 7.37. The Morgan fingerprint density at radius 3 is 2.12 bits per heavy atom. The van der Waals surface area contributed by atoms with E-state index in [1.165, 1.54) is 0 Å². The summed E-state index contributed by atoms with van der Waals surface area (Å²) in [6.07, 6.45) is 6.51. The molecule has 10 nitrogen and oxygen atoms in total. The molecule has 0 spiro atoms. The molecule has 0 aliphatic carbocycles. The number of ketones is 1. The average Bonchev–Trinajstić information content (AvgIpc) is 2.78.